The van der Waals surface area contributed by atoms with Crippen molar-refractivity contribution in [2.75, 3.05) is 0 Å². The maximum atomic E-state index is 12.2. The van der Waals surface area contributed by atoms with E-state index in [0.29, 0.717) is 12.2 Å². The highest BCUT2D eigenvalue weighted by atomic mass is 16.3. The van der Waals surface area contributed by atoms with Gasteiger partial charge in [-0.2, -0.15) is 5.10 Å². The van der Waals surface area contributed by atoms with Crippen LogP contribution in [0.15, 0.2) is 27.9 Å². The third-order valence-electron chi connectivity index (χ3n) is 3.59. The molecule has 0 spiro atoms. The van der Waals surface area contributed by atoms with Crippen molar-refractivity contribution in [2.45, 2.75) is 32.7 Å². The van der Waals surface area contributed by atoms with Crippen LogP contribution in [-0.2, 0) is 4.79 Å². The van der Waals surface area contributed by atoms with Crippen LogP contribution < -0.4 is 5.43 Å². The van der Waals surface area contributed by atoms with Gasteiger partial charge in [0.1, 0.15) is 11.5 Å². The highest BCUT2D eigenvalue weighted by molar-refractivity contribution is 6.14. The minimum absolute atomic E-state index is 0.0688. The van der Waals surface area contributed by atoms with E-state index in [9.17, 15) is 4.79 Å². The van der Waals surface area contributed by atoms with Gasteiger partial charge in [0.2, 0.25) is 0 Å². The molecule has 1 aromatic heterocycles. The van der Waals surface area contributed by atoms with Crippen LogP contribution in [0.3, 0.4) is 0 Å². The van der Waals surface area contributed by atoms with Crippen molar-refractivity contribution >= 4 is 11.5 Å². The molecule has 2 aliphatic rings. The molecule has 3 rings (SSSR count). The van der Waals surface area contributed by atoms with Gasteiger partial charge in [0.25, 0.3) is 0 Å². The van der Waals surface area contributed by atoms with Crippen LogP contribution in [0.1, 0.15) is 32.4 Å². The zero-order valence-corrected chi connectivity index (χ0v) is 10.1. The zero-order valence-electron chi connectivity index (χ0n) is 10.1. The van der Waals surface area contributed by atoms with E-state index in [1.807, 2.05) is 12.1 Å². The molecular weight excluding hydrogens is 216 g/mol. The fourth-order valence-corrected chi connectivity index (χ4v) is 2.91. The molecule has 4 nitrogen and oxygen atoms in total. The lowest BCUT2D eigenvalue weighted by atomic mass is 9.68. The van der Waals surface area contributed by atoms with Gasteiger partial charge in [0, 0.05) is 6.42 Å². The number of furan rings is 1. The quantitative estimate of drug-likeness (QED) is 0.805. The highest BCUT2D eigenvalue weighted by Gasteiger charge is 2.46. The molecule has 1 aliphatic heterocycles. The molecule has 0 amide bonds. The number of nitrogens with one attached hydrogen (secondary N) is 1. The molecule has 90 valence electrons. The first-order valence-corrected chi connectivity index (χ1v) is 5.96. The normalized spacial score (nSPS) is 30.7. The maximum absolute atomic E-state index is 12.2. The first kappa shape index (κ1) is 10.6. The Kier molecular flexibility index (Phi) is 2.15. The highest BCUT2D eigenvalue weighted by Crippen LogP contribution is 2.39. The Labute approximate surface area is 100 Å². The van der Waals surface area contributed by atoms with Gasteiger partial charge >= 0.3 is 0 Å². The van der Waals surface area contributed by atoms with E-state index < -0.39 is 0 Å². The molecule has 0 radical (unpaired) electrons. The van der Waals surface area contributed by atoms with E-state index in [0.717, 1.165) is 12.1 Å². The first-order chi connectivity index (χ1) is 8.07. The molecule has 0 aromatic carbocycles. The molecule has 2 heterocycles. The van der Waals surface area contributed by atoms with Gasteiger partial charge in [-0.25, -0.2) is 0 Å². The van der Waals surface area contributed by atoms with Gasteiger partial charge < -0.3 is 9.84 Å². The average molecular weight is 232 g/mol. The molecule has 0 bridgehead atoms. The number of nitrogens with zero attached hydrogens (tertiary/aromatic N) is 1. The number of carbonyl (C=O) groups is 1. The van der Waals surface area contributed by atoms with E-state index in [-0.39, 0.29) is 23.2 Å². The number of rotatable bonds is 1. The van der Waals surface area contributed by atoms with E-state index in [4.69, 9.17) is 4.42 Å². The summed E-state index contributed by atoms with van der Waals surface area (Å²) in [6.07, 6.45) is 3.20. The van der Waals surface area contributed by atoms with Crippen LogP contribution in [0.2, 0.25) is 0 Å². The Morgan fingerprint density at radius 3 is 3.06 bits per heavy atom. The summed E-state index contributed by atoms with van der Waals surface area (Å²) in [6, 6.07) is 3.81. The molecule has 2 atom stereocenters. The summed E-state index contributed by atoms with van der Waals surface area (Å²) in [6.45, 7) is 4.27. The summed E-state index contributed by atoms with van der Waals surface area (Å²) in [4.78, 5) is 12.2. The summed E-state index contributed by atoms with van der Waals surface area (Å²) in [5.41, 5.74) is 3.92. The van der Waals surface area contributed by atoms with Crippen molar-refractivity contribution in [1.82, 2.24) is 5.43 Å². The number of hydrogen-bond donors (Lipinski definition) is 1. The van der Waals surface area contributed by atoms with Crippen LogP contribution in [0.5, 0.6) is 0 Å². The Hall–Kier alpha value is -1.58. The minimum atomic E-state index is -0.130. The predicted molar refractivity (Wildman–Crippen MR) is 63.7 cm³/mol. The molecule has 1 fully saturated rings. The van der Waals surface area contributed by atoms with Crippen LogP contribution in [0, 0.1) is 11.3 Å². The third kappa shape index (κ3) is 1.68. The summed E-state index contributed by atoms with van der Waals surface area (Å²) in [5.74, 6) is 0.846. The Morgan fingerprint density at radius 1 is 1.53 bits per heavy atom. The molecule has 4 heteroatoms. The lowest BCUT2D eigenvalue weighted by molar-refractivity contribution is -0.126. The maximum Gasteiger partial charge on any atom is 0.150 e. The zero-order chi connectivity index (χ0) is 12.0. The van der Waals surface area contributed by atoms with E-state index in [2.05, 4.69) is 24.4 Å². The smallest absolute Gasteiger partial charge is 0.150 e. The van der Waals surface area contributed by atoms with Gasteiger partial charge in [0.05, 0.1) is 18.2 Å². The summed E-state index contributed by atoms with van der Waals surface area (Å²) < 4.78 is 5.34. The van der Waals surface area contributed by atoms with Crippen molar-refractivity contribution in [3.63, 3.8) is 0 Å². The average Bonchev–Trinajstić information content (AvgIpc) is 2.81. The molecule has 1 N–H and O–H groups in total. The van der Waals surface area contributed by atoms with Gasteiger partial charge in [0.15, 0.2) is 5.76 Å². The molecule has 0 saturated heterocycles. The van der Waals surface area contributed by atoms with E-state index >= 15 is 0 Å². The number of carbonyl (C=O) groups excluding carboxylic acids is 1. The van der Waals surface area contributed by atoms with Crippen molar-refractivity contribution in [3.8, 4) is 0 Å². The van der Waals surface area contributed by atoms with Crippen LogP contribution in [0.25, 0.3) is 0 Å². The lowest BCUT2D eigenvalue weighted by Gasteiger charge is -2.35. The second-order valence-electron chi connectivity index (χ2n) is 5.70. The number of ketones is 1. The van der Waals surface area contributed by atoms with Crippen LogP contribution >= 0.6 is 0 Å². The van der Waals surface area contributed by atoms with Gasteiger partial charge in [-0.05, 0) is 24.0 Å². The Morgan fingerprint density at radius 2 is 2.35 bits per heavy atom. The SMILES string of the molecule is CC1(C)CC(=O)[C@@H]2C(c3ccco3)=NN[C@H]2C1. The molecule has 1 saturated carbocycles. The van der Waals surface area contributed by atoms with E-state index in [1.165, 1.54) is 0 Å². The van der Waals surface area contributed by atoms with Gasteiger partial charge in [-0.15, -0.1) is 0 Å². The second-order valence-corrected chi connectivity index (χ2v) is 5.70. The van der Waals surface area contributed by atoms with Crippen LogP contribution in [-0.4, -0.2) is 17.5 Å². The summed E-state index contributed by atoms with van der Waals surface area (Å²) in [5, 5.41) is 4.29. The minimum Gasteiger partial charge on any atom is -0.463 e. The predicted octanol–water partition coefficient (Wildman–Crippen LogP) is 1.96. The molecule has 17 heavy (non-hydrogen) atoms. The number of hydrogen-bond acceptors (Lipinski definition) is 4. The van der Waals surface area contributed by atoms with Crippen molar-refractivity contribution in [2.24, 2.45) is 16.4 Å². The largest absolute Gasteiger partial charge is 0.463 e. The fourth-order valence-electron chi connectivity index (χ4n) is 2.91. The summed E-state index contributed by atoms with van der Waals surface area (Å²) >= 11 is 0. The first-order valence-electron chi connectivity index (χ1n) is 5.96. The lowest BCUT2D eigenvalue weighted by Crippen LogP contribution is -2.45. The third-order valence-corrected chi connectivity index (χ3v) is 3.59. The second kappa shape index (κ2) is 3.45. The fraction of sp³-hybridized carbons (Fsp3) is 0.538. The number of hydrazone groups is 1. The number of Topliss-reactive ketones (excluding diaryl/α,β-unsaturated/α-hetero) is 1. The Balaban J connectivity index is 1.91. The molecule has 1 aliphatic carbocycles. The number of fused-ring (bicyclic) bond motifs is 1. The molecule has 1 aromatic rings. The van der Waals surface area contributed by atoms with E-state index in [1.54, 1.807) is 6.26 Å². The monoisotopic (exact) mass is 232 g/mol. The Bertz CT molecular complexity index is 474. The van der Waals surface area contributed by atoms with Crippen molar-refractivity contribution < 1.29 is 9.21 Å². The standard InChI is InChI=1S/C13H16N2O2/c1-13(2)6-8-11(9(16)7-13)12(15-14-8)10-4-3-5-17-10/h3-5,8,11,14H,6-7H2,1-2H3/t8-,11+/m0/s1. The van der Waals surface area contributed by atoms with Gasteiger partial charge in [-0.3, -0.25) is 4.79 Å². The van der Waals surface area contributed by atoms with Gasteiger partial charge in [-0.1, -0.05) is 13.8 Å². The molecule has 0 unspecified atom stereocenters. The van der Waals surface area contributed by atoms with Crippen molar-refractivity contribution in [3.05, 3.63) is 24.2 Å². The molecular formula is C13H16N2O2. The topological polar surface area (TPSA) is 54.6 Å². The summed E-state index contributed by atoms with van der Waals surface area (Å²) in [7, 11) is 0. The van der Waals surface area contributed by atoms with Crippen molar-refractivity contribution in [1.29, 1.82) is 0 Å². The van der Waals surface area contributed by atoms with Crippen LogP contribution in [0.4, 0.5) is 0 Å².